The highest BCUT2D eigenvalue weighted by atomic mass is 16.5. The van der Waals surface area contributed by atoms with Gasteiger partial charge in [-0.3, -0.25) is 34.2 Å². The van der Waals surface area contributed by atoms with Gasteiger partial charge in [0.1, 0.15) is 35.2 Å². The summed E-state index contributed by atoms with van der Waals surface area (Å²) in [5.41, 5.74) is 4.92. The molecule has 1 saturated carbocycles. The van der Waals surface area contributed by atoms with Gasteiger partial charge in [-0.25, -0.2) is 9.97 Å². The molecule has 4 saturated heterocycles. The molecule has 60 heavy (non-hydrogen) atoms. The van der Waals surface area contributed by atoms with Crippen LogP contribution in [0.3, 0.4) is 0 Å². The molecule has 15 nitrogen and oxygen atoms in total. The zero-order valence-corrected chi connectivity index (χ0v) is 34.6. The number of anilines is 2. The number of carbonyl (C=O) groups is 3. The summed E-state index contributed by atoms with van der Waals surface area (Å²) in [6, 6.07) is 12.9. The van der Waals surface area contributed by atoms with E-state index in [1.807, 2.05) is 24.3 Å². The van der Waals surface area contributed by atoms with Crippen LogP contribution in [0.5, 0.6) is 5.75 Å². The van der Waals surface area contributed by atoms with E-state index in [1.165, 1.54) is 12.8 Å². The predicted octanol–water partition coefficient (Wildman–Crippen LogP) is 4.00. The van der Waals surface area contributed by atoms with Gasteiger partial charge in [-0.1, -0.05) is 6.58 Å². The SMILES string of the molecule is C=C1CCC(N2C(=O)c3ccc(N4CCN(CC5CCN(CCN6CCN(c7cc(-c8n[nH]c9ccc(OC%10(C)CC%10)cc89)ncn7)CC6)CC5)CC4)cc3C2=O)C(=O)N1. The number of nitrogens with one attached hydrogen (secondary N) is 2. The van der Waals surface area contributed by atoms with Crippen LogP contribution < -0.4 is 19.9 Å². The van der Waals surface area contributed by atoms with E-state index < -0.39 is 6.04 Å². The first-order valence-corrected chi connectivity index (χ1v) is 21.8. The first kappa shape index (κ1) is 38.8. The van der Waals surface area contributed by atoms with Gasteiger partial charge >= 0.3 is 0 Å². The van der Waals surface area contributed by atoms with Gasteiger partial charge in [-0.15, -0.1) is 0 Å². The summed E-state index contributed by atoms with van der Waals surface area (Å²) in [5, 5.41) is 11.5. The molecule has 7 heterocycles. The Morgan fingerprint density at radius 1 is 0.783 bits per heavy atom. The number of hydrogen-bond acceptors (Lipinski definition) is 12. The molecule has 1 atom stereocenters. The van der Waals surface area contributed by atoms with Crippen LogP contribution in [-0.2, 0) is 4.79 Å². The summed E-state index contributed by atoms with van der Waals surface area (Å²) in [7, 11) is 0. The molecule has 2 N–H and O–H groups in total. The molecule has 314 valence electrons. The van der Waals surface area contributed by atoms with Crippen LogP contribution in [0.15, 0.2) is 61.1 Å². The highest BCUT2D eigenvalue weighted by Crippen LogP contribution is 2.41. The Kier molecular flexibility index (Phi) is 10.3. The lowest BCUT2D eigenvalue weighted by Crippen LogP contribution is -2.51. The average molecular weight is 814 g/mol. The number of ether oxygens (including phenoxy) is 1. The number of nitrogens with zero attached hydrogens (tertiary/aromatic N) is 9. The summed E-state index contributed by atoms with van der Waals surface area (Å²) in [5.74, 6) is 1.41. The monoisotopic (exact) mass is 813 g/mol. The number of fused-ring (bicyclic) bond motifs is 2. The Hall–Kier alpha value is -5.38. The number of H-pyrrole nitrogens is 1. The molecule has 1 aliphatic carbocycles. The molecule has 3 amide bonds. The number of amides is 3. The Balaban J connectivity index is 0.649. The fraction of sp³-hybridized carbons (Fsp3) is 0.511. The van der Waals surface area contributed by atoms with Crippen molar-refractivity contribution in [2.75, 3.05) is 94.9 Å². The third-order valence-electron chi connectivity index (χ3n) is 13.7. The van der Waals surface area contributed by atoms with Crippen molar-refractivity contribution in [2.24, 2.45) is 5.92 Å². The normalized spacial score (nSPS) is 23.1. The lowest BCUT2D eigenvalue weighted by molar-refractivity contribution is -0.125. The average Bonchev–Trinajstić information content (AvgIpc) is 3.75. The van der Waals surface area contributed by atoms with Crippen molar-refractivity contribution in [2.45, 2.75) is 57.1 Å². The van der Waals surface area contributed by atoms with E-state index in [2.05, 4.69) is 75.6 Å². The number of aromatic amines is 1. The molecule has 10 rings (SSSR count). The third-order valence-corrected chi connectivity index (χ3v) is 13.7. The first-order valence-electron chi connectivity index (χ1n) is 21.8. The number of carbonyl (C=O) groups excluding carboxylic acids is 3. The number of aromatic nitrogens is 4. The van der Waals surface area contributed by atoms with Crippen LogP contribution in [0.2, 0.25) is 0 Å². The maximum Gasteiger partial charge on any atom is 0.262 e. The van der Waals surface area contributed by atoms with Crippen molar-refractivity contribution in [3.63, 3.8) is 0 Å². The second kappa shape index (κ2) is 15.9. The minimum Gasteiger partial charge on any atom is -0.488 e. The summed E-state index contributed by atoms with van der Waals surface area (Å²) in [4.78, 5) is 62.1. The number of allylic oxidation sites excluding steroid dienone is 1. The minimum atomic E-state index is -0.795. The van der Waals surface area contributed by atoms with Crippen LogP contribution in [0.25, 0.3) is 22.3 Å². The minimum absolute atomic E-state index is 0.0394. The molecule has 15 heteroatoms. The van der Waals surface area contributed by atoms with Gasteiger partial charge in [-0.2, -0.15) is 5.10 Å². The molecule has 5 aliphatic heterocycles. The van der Waals surface area contributed by atoms with Crippen LogP contribution in [0, 0.1) is 5.92 Å². The number of benzene rings is 2. The van der Waals surface area contributed by atoms with Gasteiger partial charge in [0.05, 0.1) is 22.3 Å². The fourth-order valence-corrected chi connectivity index (χ4v) is 9.63. The number of hydrogen-bond donors (Lipinski definition) is 2. The van der Waals surface area contributed by atoms with Gasteiger partial charge in [0.15, 0.2) is 0 Å². The van der Waals surface area contributed by atoms with Crippen LogP contribution >= 0.6 is 0 Å². The van der Waals surface area contributed by atoms with Gasteiger partial charge in [0.2, 0.25) is 5.91 Å². The topological polar surface area (TPSA) is 146 Å². The van der Waals surface area contributed by atoms with E-state index in [0.29, 0.717) is 35.6 Å². The zero-order chi connectivity index (χ0) is 41.0. The third kappa shape index (κ3) is 7.85. The molecule has 0 spiro atoms. The highest BCUT2D eigenvalue weighted by molar-refractivity contribution is 6.23. The van der Waals surface area contributed by atoms with Gasteiger partial charge in [0.25, 0.3) is 11.8 Å². The van der Waals surface area contributed by atoms with E-state index in [4.69, 9.17) is 4.74 Å². The number of likely N-dealkylation sites (tertiary alicyclic amines) is 1. The van der Waals surface area contributed by atoms with E-state index in [0.717, 1.165) is 142 Å². The van der Waals surface area contributed by atoms with Crippen molar-refractivity contribution in [3.05, 3.63) is 72.2 Å². The maximum absolute atomic E-state index is 13.4. The van der Waals surface area contributed by atoms with Gasteiger partial charge < -0.3 is 24.8 Å². The molecular formula is C45H55N11O4. The number of rotatable bonds is 11. The molecular weight excluding hydrogens is 759 g/mol. The second-order valence-corrected chi connectivity index (χ2v) is 17.9. The first-order chi connectivity index (χ1) is 29.2. The predicted molar refractivity (Wildman–Crippen MR) is 229 cm³/mol. The Morgan fingerprint density at radius 3 is 2.25 bits per heavy atom. The van der Waals surface area contributed by atoms with Crippen molar-refractivity contribution >= 4 is 40.1 Å². The lowest BCUT2D eigenvalue weighted by atomic mass is 9.96. The molecule has 0 bridgehead atoms. The molecule has 0 radical (unpaired) electrons. The zero-order valence-electron chi connectivity index (χ0n) is 34.6. The van der Waals surface area contributed by atoms with Crippen LogP contribution in [0.4, 0.5) is 11.5 Å². The quantitative estimate of drug-likeness (QED) is 0.211. The van der Waals surface area contributed by atoms with Gasteiger partial charge in [-0.05, 0) is 101 Å². The molecule has 4 aromatic rings. The Labute approximate surface area is 350 Å². The van der Waals surface area contributed by atoms with Crippen LogP contribution in [-0.4, -0.2) is 154 Å². The van der Waals surface area contributed by atoms with Gasteiger partial charge in [0, 0.05) is 94.8 Å². The largest absolute Gasteiger partial charge is 0.488 e. The number of piperazine rings is 2. The summed E-state index contributed by atoms with van der Waals surface area (Å²) < 4.78 is 6.23. The number of piperidine rings is 2. The number of imide groups is 1. The standard InChI is InChI=1S/C45H55N11O4/c1-30-3-8-39(42(57)48-30)56-43(58)34-6-4-32(25-35(34)44(56)59)54-21-19-53(20-22-54)28-31-9-13-51(14-10-31)15-16-52-17-23-55(24-18-52)40-27-38(46-29-47-40)41-36-26-33(60-45(2)11-12-45)5-7-37(36)49-50-41/h4-7,25-27,29,31,39H,1,3,8-24,28H2,2H3,(H,48,57)(H,49,50). The highest BCUT2D eigenvalue weighted by Gasteiger charge is 2.44. The lowest BCUT2D eigenvalue weighted by Gasteiger charge is -2.40. The van der Waals surface area contributed by atoms with Crippen LogP contribution in [0.1, 0.15) is 66.2 Å². The Bertz CT molecular complexity index is 2300. The van der Waals surface area contributed by atoms with Crippen molar-refractivity contribution in [1.82, 2.24) is 45.1 Å². The maximum atomic E-state index is 13.4. The Morgan fingerprint density at radius 2 is 1.50 bits per heavy atom. The van der Waals surface area contributed by atoms with Crippen molar-refractivity contribution in [1.29, 1.82) is 0 Å². The second-order valence-electron chi connectivity index (χ2n) is 17.9. The van der Waals surface area contributed by atoms with E-state index in [9.17, 15) is 14.4 Å². The van der Waals surface area contributed by atoms with E-state index >= 15 is 0 Å². The molecule has 5 fully saturated rings. The summed E-state index contributed by atoms with van der Waals surface area (Å²) >= 11 is 0. The molecule has 6 aliphatic rings. The summed E-state index contributed by atoms with van der Waals surface area (Å²) in [6.45, 7) is 19.2. The molecule has 2 aromatic carbocycles. The van der Waals surface area contributed by atoms with Crippen molar-refractivity contribution in [3.8, 4) is 17.1 Å². The molecule has 2 aromatic heterocycles. The van der Waals surface area contributed by atoms with Crippen molar-refractivity contribution < 1.29 is 19.1 Å². The smallest absolute Gasteiger partial charge is 0.262 e. The van der Waals surface area contributed by atoms with E-state index in [-0.39, 0.29) is 23.3 Å². The summed E-state index contributed by atoms with van der Waals surface area (Å²) in [6.07, 6.45) is 7.25. The molecule has 1 unspecified atom stereocenters. The van der Waals surface area contributed by atoms with E-state index in [1.54, 1.807) is 12.4 Å². The fourth-order valence-electron chi connectivity index (χ4n) is 9.63.